The molecule has 1 aromatic carbocycles. The van der Waals surface area contributed by atoms with Crippen LogP contribution in [0.1, 0.15) is 12.0 Å². The summed E-state index contributed by atoms with van der Waals surface area (Å²) in [4.78, 5) is 14.2. The average Bonchev–Trinajstić information content (AvgIpc) is 2.80. The number of nitrogens with zero attached hydrogens (tertiary/aromatic N) is 1. The Bertz CT molecular complexity index is 427. The fourth-order valence-electron chi connectivity index (χ4n) is 2.73. The summed E-state index contributed by atoms with van der Waals surface area (Å²) in [7, 11) is 0. The van der Waals surface area contributed by atoms with Gasteiger partial charge >= 0.3 is 0 Å². The van der Waals surface area contributed by atoms with Crippen molar-refractivity contribution < 1.29 is 9.53 Å². The summed E-state index contributed by atoms with van der Waals surface area (Å²) in [5.41, 5.74) is 1.18. The minimum atomic E-state index is 0. The van der Waals surface area contributed by atoms with E-state index in [1.807, 2.05) is 23.1 Å². The number of carbonyl (C=O) groups excluding carboxylic acids is 1. The zero-order valence-corrected chi connectivity index (χ0v) is 11.6. The zero-order valence-electron chi connectivity index (χ0n) is 10.7. The molecule has 0 saturated carbocycles. The van der Waals surface area contributed by atoms with Crippen LogP contribution in [0.2, 0.25) is 0 Å². The summed E-state index contributed by atoms with van der Waals surface area (Å²) in [5.74, 6) is 0.204. The van der Waals surface area contributed by atoms with E-state index in [9.17, 15) is 4.79 Å². The Morgan fingerprint density at radius 1 is 1.26 bits per heavy atom. The maximum absolute atomic E-state index is 12.2. The van der Waals surface area contributed by atoms with Crippen LogP contribution >= 0.6 is 12.4 Å². The number of ether oxygens (including phenoxy) is 1. The van der Waals surface area contributed by atoms with Crippen molar-refractivity contribution >= 4 is 18.3 Å². The molecular weight excluding hydrogens is 264 g/mol. The van der Waals surface area contributed by atoms with Gasteiger partial charge in [-0.15, -0.1) is 12.4 Å². The third kappa shape index (κ3) is 3.08. The maximum atomic E-state index is 12.2. The average molecular weight is 283 g/mol. The first-order valence-corrected chi connectivity index (χ1v) is 6.50. The van der Waals surface area contributed by atoms with E-state index in [0.29, 0.717) is 19.6 Å². The van der Waals surface area contributed by atoms with Gasteiger partial charge in [0.25, 0.3) is 0 Å². The van der Waals surface area contributed by atoms with Gasteiger partial charge in [-0.1, -0.05) is 30.3 Å². The molecule has 0 spiro atoms. The molecule has 2 fully saturated rings. The molecule has 1 N–H and O–H groups in total. The summed E-state index contributed by atoms with van der Waals surface area (Å²) >= 11 is 0. The largest absolute Gasteiger partial charge is 0.374 e. The third-order valence-electron chi connectivity index (χ3n) is 3.69. The first kappa shape index (κ1) is 14.3. The Hall–Kier alpha value is -1.10. The van der Waals surface area contributed by atoms with Gasteiger partial charge in [-0.25, -0.2) is 0 Å². The molecule has 2 heterocycles. The van der Waals surface area contributed by atoms with Crippen molar-refractivity contribution in [2.45, 2.75) is 25.1 Å². The second kappa shape index (κ2) is 6.37. The number of rotatable bonds is 2. The topological polar surface area (TPSA) is 41.6 Å². The highest BCUT2D eigenvalue weighted by atomic mass is 35.5. The molecule has 0 aliphatic carbocycles. The Morgan fingerprint density at radius 3 is 2.84 bits per heavy atom. The van der Waals surface area contributed by atoms with Crippen molar-refractivity contribution in [1.29, 1.82) is 0 Å². The number of hydrogen-bond donors (Lipinski definition) is 1. The van der Waals surface area contributed by atoms with E-state index < -0.39 is 0 Å². The molecule has 2 aliphatic rings. The molecule has 2 aliphatic heterocycles. The van der Waals surface area contributed by atoms with Crippen molar-refractivity contribution in [2.24, 2.45) is 0 Å². The summed E-state index contributed by atoms with van der Waals surface area (Å²) in [6.07, 6.45) is 0.653. The number of hydrogen-bond acceptors (Lipinski definition) is 3. The molecule has 2 saturated heterocycles. The summed E-state index contributed by atoms with van der Waals surface area (Å²) in [5, 5.41) is 3.31. The van der Waals surface area contributed by atoms with E-state index in [2.05, 4.69) is 17.4 Å². The monoisotopic (exact) mass is 282 g/mol. The zero-order chi connectivity index (χ0) is 12.4. The molecule has 0 aromatic heterocycles. The van der Waals surface area contributed by atoms with Gasteiger partial charge < -0.3 is 15.0 Å². The Morgan fingerprint density at radius 2 is 2.05 bits per heavy atom. The van der Waals surface area contributed by atoms with Crippen molar-refractivity contribution in [3.05, 3.63) is 35.9 Å². The second-order valence-corrected chi connectivity index (χ2v) is 4.89. The van der Waals surface area contributed by atoms with Crippen molar-refractivity contribution in [2.75, 3.05) is 19.7 Å². The Balaban J connectivity index is 0.00000133. The molecule has 3 rings (SSSR count). The standard InChI is InChI=1S/C14H18N2O2.ClH/c17-14-6-7-18-13-9-15-8-12(13)16(14)10-11-4-2-1-3-5-11;/h1-5,12-13,15H,6-10H2;1H/t12-,13-;/m0./s1. The molecular formula is C14H19ClN2O2. The summed E-state index contributed by atoms with van der Waals surface area (Å²) in [6.45, 7) is 2.92. The Kier molecular flexibility index (Phi) is 4.80. The van der Waals surface area contributed by atoms with Gasteiger partial charge in [-0.05, 0) is 5.56 Å². The minimum absolute atomic E-state index is 0. The maximum Gasteiger partial charge on any atom is 0.225 e. The molecule has 2 atom stereocenters. The van der Waals surface area contributed by atoms with Crippen LogP contribution in [0, 0.1) is 0 Å². The number of fused-ring (bicyclic) bond motifs is 1. The van der Waals surface area contributed by atoms with Crippen LogP contribution < -0.4 is 5.32 Å². The van der Waals surface area contributed by atoms with Crippen molar-refractivity contribution in [3.63, 3.8) is 0 Å². The predicted molar refractivity (Wildman–Crippen MR) is 75.3 cm³/mol. The lowest BCUT2D eigenvalue weighted by Crippen LogP contribution is -2.44. The third-order valence-corrected chi connectivity index (χ3v) is 3.69. The lowest BCUT2D eigenvalue weighted by atomic mass is 10.1. The first-order valence-electron chi connectivity index (χ1n) is 6.50. The normalized spacial score (nSPS) is 26.5. The van der Waals surface area contributed by atoms with Crippen LogP contribution in [0.25, 0.3) is 0 Å². The van der Waals surface area contributed by atoms with Gasteiger partial charge in [-0.3, -0.25) is 4.79 Å². The van der Waals surface area contributed by atoms with Gasteiger partial charge in [0.2, 0.25) is 5.91 Å². The van der Waals surface area contributed by atoms with Crippen LogP contribution in [0.5, 0.6) is 0 Å². The van der Waals surface area contributed by atoms with Crippen LogP contribution in [0.4, 0.5) is 0 Å². The van der Waals surface area contributed by atoms with Crippen LogP contribution in [0.15, 0.2) is 30.3 Å². The fourth-order valence-corrected chi connectivity index (χ4v) is 2.73. The van der Waals surface area contributed by atoms with Gasteiger partial charge in [0.15, 0.2) is 0 Å². The predicted octanol–water partition coefficient (Wildman–Crippen LogP) is 1.20. The molecule has 5 heteroatoms. The van der Waals surface area contributed by atoms with E-state index in [4.69, 9.17) is 4.74 Å². The van der Waals surface area contributed by atoms with Crippen LogP contribution in [0.3, 0.4) is 0 Å². The fraction of sp³-hybridized carbons (Fsp3) is 0.500. The van der Waals surface area contributed by atoms with Gasteiger partial charge in [-0.2, -0.15) is 0 Å². The van der Waals surface area contributed by atoms with E-state index in [0.717, 1.165) is 13.1 Å². The van der Waals surface area contributed by atoms with E-state index >= 15 is 0 Å². The number of carbonyl (C=O) groups is 1. The molecule has 4 nitrogen and oxygen atoms in total. The van der Waals surface area contributed by atoms with E-state index in [1.165, 1.54) is 5.56 Å². The van der Waals surface area contributed by atoms with Crippen LogP contribution in [-0.2, 0) is 16.1 Å². The molecule has 1 amide bonds. The van der Waals surface area contributed by atoms with Gasteiger partial charge in [0.05, 0.1) is 25.2 Å². The summed E-state index contributed by atoms with van der Waals surface area (Å²) < 4.78 is 5.74. The highest BCUT2D eigenvalue weighted by molar-refractivity contribution is 5.85. The molecule has 0 bridgehead atoms. The second-order valence-electron chi connectivity index (χ2n) is 4.89. The minimum Gasteiger partial charge on any atom is -0.374 e. The number of halogens is 1. The lowest BCUT2D eigenvalue weighted by molar-refractivity contribution is -0.133. The number of amides is 1. The highest BCUT2D eigenvalue weighted by Gasteiger charge is 2.37. The SMILES string of the molecule is Cl.O=C1CCO[C@H]2CNC[C@@H]2N1Cc1ccccc1. The number of benzene rings is 1. The first-order chi connectivity index (χ1) is 8.84. The van der Waals surface area contributed by atoms with Gasteiger partial charge in [0, 0.05) is 19.6 Å². The summed E-state index contributed by atoms with van der Waals surface area (Å²) in [6, 6.07) is 10.3. The van der Waals surface area contributed by atoms with Crippen LogP contribution in [-0.4, -0.2) is 42.6 Å². The molecule has 0 radical (unpaired) electrons. The molecule has 0 unspecified atom stereocenters. The lowest BCUT2D eigenvalue weighted by Gasteiger charge is -2.29. The highest BCUT2D eigenvalue weighted by Crippen LogP contribution is 2.20. The molecule has 104 valence electrons. The molecule has 1 aromatic rings. The van der Waals surface area contributed by atoms with Crippen molar-refractivity contribution in [3.8, 4) is 0 Å². The molecule has 19 heavy (non-hydrogen) atoms. The number of nitrogens with one attached hydrogen (secondary N) is 1. The quantitative estimate of drug-likeness (QED) is 0.886. The van der Waals surface area contributed by atoms with E-state index in [-0.39, 0.29) is 30.5 Å². The van der Waals surface area contributed by atoms with Gasteiger partial charge in [0.1, 0.15) is 0 Å². The Labute approximate surface area is 119 Å². The smallest absolute Gasteiger partial charge is 0.225 e. The van der Waals surface area contributed by atoms with Crippen molar-refractivity contribution in [1.82, 2.24) is 10.2 Å². The van der Waals surface area contributed by atoms with E-state index in [1.54, 1.807) is 0 Å².